The molecule has 500 valence electrons. The molecule has 10 rings (SSSR count). The zero-order valence-electron chi connectivity index (χ0n) is 56.4. The normalized spacial score (nSPS) is 28.3. The Bertz CT molecular complexity index is 2800. The van der Waals surface area contributed by atoms with Gasteiger partial charge in [-0.3, -0.25) is 0 Å². The Labute approximate surface area is 540 Å². The van der Waals surface area contributed by atoms with E-state index in [0.717, 1.165) is 174 Å². The lowest BCUT2D eigenvalue weighted by atomic mass is 9.71. The quantitative estimate of drug-likeness (QED) is 0.0395. The minimum atomic E-state index is -0.792. The van der Waals surface area contributed by atoms with Crippen LogP contribution in [0.15, 0.2) is 121 Å². The molecule has 15 heteroatoms. The van der Waals surface area contributed by atoms with Gasteiger partial charge in [-0.15, -0.1) is 0 Å². The van der Waals surface area contributed by atoms with Crippen molar-refractivity contribution in [2.45, 2.75) is 156 Å². The van der Waals surface area contributed by atoms with Gasteiger partial charge < -0.3 is 75.7 Å². The van der Waals surface area contributed by atoms with Gasteiger partial charge in [0.05, 0.1) is 49.3 Å². The highest BCUT2D eigenvalue weighted by Gasteiger charge is 2.44. The monoisotopic (exact) mass is 1250 g/mol. The Morgan fingerprint density at radius 1 is 0.356 bits per heavy atom. The summed E-state index contributed by atoms with van der Waals surface area (Å²) in [6.07, 6.45) is 20.8. The van der Waals surface area contributed by atoms with E-state index < -0.39 is 28.0 Å². The highest BCUT2D eigenvalue weighted by molar-refractivity contribution is 5.37. The van der Waals surface area contributed by atoms with Crippen molar-refractivity contribution in [3.05, 3.63) is 149 Å². The number of hydrogen-bond donors (Lipinski definition) is 10. The number of ether oxygens (including phenoxy) is 3. The van der Waals surface area contributed by atoms with Crippen molar-refractivity contribution in [2.75, 3.05) is 103 Å². The Morgan fingerprint density at radius 3 is 0.822 bits per heavy atom. The van der Waals surface area contributed by atoms with Crippen molar-refractivity contribution >= 4 is 0 Å². The van der Waals surface area contributed by atoms with E-state index in [-0.39, 0.29) is 35.2 Å². The number of aliphatic hydroxyl groups is 5. The van der Waals surface area contributed by atoms with Gasteiger partial charge in [-0.1, -0.05) is 125 Å². The third kappa shape index (κ3) is 19.6. The average Bonchev–Trinajstić information content (AvgIpc) is 0.927. The molecule has 5 saturated carbocycles. The van der Waals surface area contributed by atoms with Crippen molar-refractivity contribution in [3.63, 3.8) is 0 Å². The van der Waals surface area contributed by atoms with E-state index in [2.05, 4.69) is 39.8 Å². The maximum Gasteiger partial charge on any atom is 0.119 e. The van der Waals surface area contributed by atoms with Crippen LogP contribution in [0.2, 0.25) is 0 Å². The third-order valence-electron chi connectivity index (χ3n) is 20.1. The lowest BCUT2D eigenvalue weighted by Gasteiger charge is -2.41. The number of hydrogen-bond acceptors (Lipinski definition) is 15. The SMILES string of the molecule is CN(C)CC1CCCCC1(O)c1cccc(O)c1.CNCC1CCCCC1(O)c1cccc(O)c1.CNCC1CCCCC1(O)c1cccc(OC)c1.CNCC1CCCCC1(O)c1cccc(OC)c1.COc1cccc(C2(O)CCCCC2CN(C)C)c1. The van der Waals surface area contributed by atoms with Gasteiger partial charge in [0.25, 0.3) is 0 Å². The molecule has 15 nitrogen and oxygen atoms in total. The summed E-state index contributed by atoms with van der Waals surface area (Å²) in [5, 5.41) is 84.0. The molecular formula is C75H115N5O10. The van der Waals surface area contributed by atoms with Crippen LogP contribution in [-0.4, -0.2) is 149 Å². The zero-order valence-corrected chi connectivity index (χ0v) is 56.4. The largest absolute Gasteiger partial charge is 0.508 e. The molecule has 0 spiro atoms. The van der Waals surface area contributed by atoms with Crippen molar-refractivity contribution in [2.24, 2.45) is 29.6 Å². The molecule has 0 amide bonds. The highest BCUT2D eigenvalue weighted by Crippen LogP contribution is 2.47. The molecule has 0 radical (unpaired) electrons. The molecule has 90 heavy (non-hydrogen) atoms. The number of methoxy groups -OCH3 is 3. The zero-order chi connectivity index (χ0) is 65.4. The molecule has 5 fully saturated rings. The molecular weight excluding hydrogens is 1130 g/mol. The molecule has 0 heterocycles. The summed E-state index contributed by atoms with van der Waals surface area (Å²) in [5.74, 6) is 4.23. The van der Waals surface area contributed by atoms with Crippen molar-refractivity contribution in [1.82, 2.24) is 25.8 Å². The Hall–Kier alpha value is -5.30. The number of phenolic OH excluding ortho intramolecular Hbond substituents is 2. The van der Waals surface area contributed by atoms with Crippen LogP contribution in [0.1, 0.15) is 156 Å². The standard InChI is InChI=1S/C16H25NO2.3C15H23NO2.C14H21NO2/c1-17(2)12-14-7-4-5-10-16(14,18)13-8-6-9-15(11-13)19-3;2*1-16-11-13-6-3-4-9-15(13,17)12-7-5-8-14(10-12)18-2;1-16(2)11-13-6-3-4-9-15(13,18)12-7-5-8-14(17)10-12;1-15-10-12-5-2-3-8-14(12,17)11-6-4-7-13(16)9-11/h6,8-9,11,14,18H,4-5,7,10,12H2,1-3H3;2*5,7-8,10,13,16-17H,3-4,6,9,11H2,1-2H3;5,7-8,10,13,17-18H,3-4,6,9,11H2,1-2H3;4,6-7,9,12,15-17H,2-3,5,8,10H2,1H3. The molecule has 5 aromatic rings. The van der Waals surface area contributed by atoms with E-state index in [1.165, 1.54) is 32.1 Å². The minimum Gasteiger partial charge on any atom is -0.508 e. The first kappa shape index (κ1) is 73.7. The molecule has 10 unspecified atom stereocenters. The molecule has 5 aliphatic carbocycles. The van der Waals surface area contributed by atoms with Crippen LogP contribution in [-0.2, 0) is 28.0 Å². The Kier molecular flexibility index (Phi) is 29.2. The fourth-order valence-electron chi connectivity index (χ4n) is 15.2. The topological polar surface area (TPSA) is 212 Å². The molecule has 0 aliphatic heterocycles. The van der Waals surface area contributed by atoms with Gasteiger partial charge >= 0.3 is 0 Å². The Morgan fingerprint density at radius 2 is 0.589 bits per heavy atom. The molecule has 0 bridgehead atoms. The van der Waals surface area contributed by atoms with Crippen LogP contribution in [0.4, 0.5) is 0 Å². The fourth-order valence-corrected chi connectivity index (χ4v) is 15.2. The highest BCUT2D eigenvalue weighted by atomic mass is 16.5. The molecule has 0 aromatic heterocycles. The van der Waals surface area contributed by atoms with E-state index >= 15 is 0 Å². The van der Waals surface area contributed by atoms with Gasteiger partial charge in [-0.05, 0) is 202 Å². The maximum absolute atomic E-state index is 11.2. The molecule has 0 saturated heterocycles. The molecule has 5 aromatic carbocycles. The van der Waals surface area contributed by atoms with Crippen LogP contribution in [0.5, 0.6) is 28.7 Å². The first-order valence-electron chi connectivity index (χ1n) is 33.5. The fraction of sp³-hybridized carbons (Fsp3) is 0.600. The van der Waals surface area contributed by atoms with E-state index in [1.54, 1.807) is 51.7 Å². The smallest absolute Gasteiger partial charge is 0.119 e. The van der Waals surface area contributed by atoms with E-state index in [1.807, 2.05) is 126 Å². The van der Waals surface area contributed by atoms with Gasteiger partial charge in [-0.25, -0.2) is 0 Å². The Balaban J connectivity index is 0.000000179. The lowest BCUT2D eigenvalue weighted by molar-refractivity contribution is -0.0621. The summed E-state index contributed by atoms with van der Waals surface area (Å²) in [4.78, 5) is 4.30. The van der Waals surface area contributed by atoms with Crippen LogP contribution in [0.25, 0.3) is 0 Å². The van der Waals surface area contributed by atoms with E-state index in [0.29, 0.717) is 5.92 Å². The summed E-state index contributed by atoms with van der Waals surface area (Å²) in [6, 6.07) is 37.7. The lowest BCUT2D eigenvalue weighted by Crippen LogP contribution is -2.43. The summed E-state index contributed by atoms with van der Waals surface area (Å²) in [6.45, 7) is 4.33. The third-order valence-corrected chi connectivity index (χ3v) is 20.1. The van der Waals surface area contributed by atoms with Crippen molar-refractivity contribution in [1.29, 1.82) is 0 Å². The van der Waals surface area contributed by atoms with Crippen LogP contribution in [0.3, 0.4) is 0 Å². The van der Waals surface area contributed by atoms with Crippen LogP contribution < -0.4 is 30.2 Å². The first-order chi connectivity index (χ1) is 43.1. The average molecular weight is 1250 g/mol. The summed E-state index contributed by atoms with van der Waals surface area (Å²) in [7, 11) is 19.0. The van der Waals surface area contributed by atoms with Crippen LogP contribution >= 0.6 is 0 Å². The maximum atomic E-state index is 11.2. The van der Waals surface area contributed by atoms with Gasteiger partial charge in [0.1, 0.15) is 28.7 Å². The molecule has 5 aliphatic rings. The second-order valence-electron chi connectivity index (χ2n) is 26.8. The number of phenols is 2. The summed E-state index contributed by atoms with van der Waals surface area (Å²) in [5.41, 5.74) is 0.956. The van der Waals surface area contributed by atoms with Gasteiger partial charge in [0.15, 0.2) is 0 Å². The number of nitrogens with one attached hydrogen (secondary N) is 3. The first-order valence-corrected chi connectivity index (χ1v) is 33.5. The van der Waals surface area contributed by atoms with Crippen molar-refractivity contribution < 1.29 is 50.0 Å². The second kappa shape index (κ2) is 35.7. The minimum absolute atomic E-state index is 0.225. The second-order valence-corrected chi connectivity index (χ2v) is 26.8. The molecule has 10 atom stereocenters. The van der Waals surface area contributed by atoms with E-state index in [9.17, 15) is 35.7 Å². The summed E-state index contributed by atoms with van der Waals surface area (Å²) >= 11 is 0. The number of nitrogens with zero attached hydrogens (tertiary/aromatic N) is 2. The van der Waals surface area contributed by atoms with Gasteiger partial charge in [0, 0.05) is 62.3 Å². The van der Waals surface area contributed by atoms with E-state index in [4.69, 9.17) is 14.2 Å². The van der Waals surface area contributed by atoms with Gasteiger partial charge in [0.2, 0.25) is 0 Å². The number of benzene rings is 5. The summed E-state index contributed by atoms with van der Waals surface area (Å²) < 4.78 is 15.8. The van der Waals surface area contributed by atoms with Crippen LogP contribution in [0, 0.1) is 29.6 Å². The molecule has 10 N–H and O–H groups in total. The predicted molar refractivity (Wildman–Crippen MR) is 363 cm³/mol. The predicted octanol–water partition coefficient (Wildman–Crippen LogP) is 11.5. The number of aromatic hydroxyl groups is 2. The van der Waals surface area contributed by atoms with Gasteiger partial charge in [-0.2, -0.15) is 0 Å². The number of rotatable bonds is 18. The van der Waals surface area contributed by atoms with Crippen molar-refractivity contribution in [3.8, 4) is 28.7 Å².